The molecule has 4 nitrogen and oxygen atoms in total. The second-order valence-electron chi connectivity index (χ2n) is 3.67. The van der Waals surface area contributed by atoms with E-state index < -0.39 is 6.10 Å². The first-order chi connectivity index (χ1) is 7.65. The highest BCUT2D eigenvalue weighted by Crippen LogP contribution is 2.15. The van der Waals surface area contributed by atoms with Gasteiger partial charge in [-0.05, 0) is 22.4 Å². The maximum Gasteiger partial charge on any atom is 0.225 e. The minimum atomic E-state index is -0.634. The summed E-state index contributed by atoms with van der Waals surface area (Å²) in [6.45, 7) is 2.42. The van der Waals surface area contributed by atoms with Crippen molar-refractivity contribution in [2.75, 3.05) is 20.3 Å². The Morgan fingerprint density at radius 3 is 3.00 bits per heavy atom. The Hall–Kier alpha value is -0.910. The molecule has 1 aromatic heterocycles. The molecule has 1 amide bonds. The molecule has 0 aliphatic carbocycles. The number of thiophene rings is 1. The number of carbonyl (C=O) groups excluding carboxylic acids is 1. The van der Waals surface area contributed by atoms with Crippen LogP contribution in [0.5, 0.6) is 0 Å². The van der Waals surface area contributed by atoms with Crippen LogP contribution in [0.15, 0.2) is 16.8 Å². The summed E-state index contributed by atoms with van der Waals surface area (Å²) >= 11 is 1.52. The van der Waals surface area contributed by atoms with Gasteiger partial charge in [0, 0.05) is 13.7 Å². The van der Waals surface area contributed by atoms with E-state index in [1.165, 1.54) is 11.3 Å². The third-order valence-electron chi connectivity index (χ3n) is 2.26. The van der Waals surface area contributed by atoms with Crippen LogP contribution in [-0.2, 0) is 9.53 Å². The summed E-state index contributed by atoms with van der Waals surface area (Å²) in [6.07, 6.45) is -0.634. The fourth-order valence-corrected chi connectivity index (χ4v) is 1.99. The fourth-order valence-electron chi connectivity index (χ4n) is 1.28. The lowest BCUT2D eigenvalue weighted by molar-refractivity contribution is -0.126. The number of methoxy groups -OCH3 is 1. The second-order valence-corrected chi connectivity index (χ2v) is 4.45. The zero-order valence-electron chi connectivity index (χ0n) is 9.47. The van der Waals surface area contributed by atoms with Crippen molar-refractivity contribution in [3.05, 3.63) is 22.4 Å². The zero-order chi connectivity index (χ0) is 12.0. The van der Waals surface area contributed by atoms with E-state index in [2.05, 4.69) is 5.32 Å². The summed E-state index contributed by atoms with van der Waals surface area (Å²) in [5.41, 5.74) is 0.838. The first kappa shape index (κ1) is 13.2. The predicted octanol–water partition coefficient (Wildman–Crippen LogP) is 1.18. The van der Waals surface area contributed by atoms with Crippen LogP contribution in [0.25, 0.3) is 0 Å². The van der Waals surface area contributed by atoms with Gasteiger partial charge in [-0.15, -0.1) is 0 Å². The van der Waals surface area contributed by atoms with E-state index in [9.17, 15) is 9.90 Å². The molecule has 2 atom stereocenters. The van der Waals surface area contributed by atoms with Gasteiger partial charge in [0.25, 0.3) is 0 Å². The minimum absolute atomic E-state index is 0.101. The summed E-state index contributed by atoms with van der Waals surface area (Å²) in [4.78, 5) is 11.5. The third-order valence-corrected chi connectivity index (χ3v) is 2.96. The van der Waals surface area contributed by atoms with Crippen molar-refractivity contribution in [1.29, 1.82) is 0 Å². The van der Waals surface area contributed by atoms with Crippen molar-refractivity contribution < 1.29 is 14.6 Å². The van der Waals surface area contributed by atoms with Crippen LogP contribution in [-0.4, -0.2) is 31.3 Å². The van der Waals surface area contributed by atoms with Crippen LogP contribution < -0.4 is 5.32 Å². The first-order valence-electron chi connectivity index (χ1n) is 5.12. The maximum atomic E-state index is 11.5. The van der Waals surface area contributed by atoms with E-state index >= 15 is 0 Å². The Bertz CT molecular complexity index is 313. The van der Waals surface area contributed by atoms with Crippen molar-refractivity contribution in [2.24, 2.45) is 5.92 Å². The summed E-state index contributed by atoms with van der Waals surface area (Å²) in [6, 6.07) is 1.85. The molecule has 16 heavy (non-hydrogen) atoms. The van der Waals surface area contributed by atoms with Gasteiger partial charge in [0.1, 0.15) is 0 Å². The number of amides is 1. The summed E-state index contributed by atoms with van der Waals surface area (Å²) in [5.74, 6) is -0.296. The monoisotopic (exact) mass is 243 g/mol. The number of aliphatic hydroxyl groups is 1. The number of hydrogen-bond acceptors (Lipinski definition) is 4. The summed E-state index contributed by atoms with van der Waals surface area (Å²) < 4.78 is 4.88. The van der Waals surface area contributed by atoms with E-state index in [4.69, 9.17) is 4.74 Å². The van der Waals surface area contributed by atoms with E-state index in [0.717, 1.165) is 5.56 Å². The van der Waals surface area contributed by atoms with E-state index in [0.29, 0.717) is 6.61 Å². The predicted molar refractivity (Wildman–Crippen MR) is 63.3 cm³/mol. The molecular weight excluding hydrogens is 226 g/mol. The molecular formula is C11H17NO3S. The van der Waals surface area contributed by atoms with Gasteiger partial charge in [-0.2, -0.15) is 11.3 Å². The van der Waals surface area contributed by atoms with Gasteiger partial charge in [0.2, 0.25) is 5.91 Å². The average molecular weight is 243 g/mol. The quantitative estimate of drug-likeness (QED) is 0.789. The van der Waals surface area contributed by atoms with Gasteiger partial charge in [0.05, 0.1) is 18.6 Å². The van der Waals surface area contributed by atoms with Crippen LogP contribution in [0, 0.1) is 5.92 Å². The van der Waals surface area contributed by atoms with Gasteiger partial charge in [0.15, 0.2) is 0 Å². The van der Waals surface area contributed by atoms with Crippen molar-refractivity contribution >= 4 is 17.2 Å². The molecule has 5 heteroatoms. The molecule has 90 valence electrons. The van der Waals surface area contributed by atoms with Gasteiger partial charge < -0.3 is 15.2 Å². The van der Waals surface area contributed by atoms with Crippen LogP contribution in [0.3, 0.4) is 0 Å². The lowest BCUT2D eigenvalue weighted by atomic mass is 10.1. The molecule has 0 aliphatic rings. The Balaban J connectivity index is 2.31. The molecule has 0 spiro atoms. The number of rotatable bonds is 6. The molecule has 0 bridgehead atoms. The lowest BCUT2D eigenvalue weighted by Gasteiger charge is -2.14. The number of hydrogen-bond donors (Lipinski definition) is 2. The molecule has 0 fully saturated rings. The molecule has 1 heterocycles. The van der Waals surface area contributed by atoms with Crippen molar-refractivity contribution in [3.63, 3.8) is 0 Å². The number of aliphatic hydroxyl groups excluding tert-OH is 1. The normalized spacial score (nSPS) is 14.4. The Morgan fingerprint density at radius 1 is 1.69 bits per heavy atom. The largest absolute Gasteiger partial charge is 0.387 e. The Labute approximate surface area is 99.2 Å². The third kappa shape index (κ3) is 3.92. The highest BCUT2D eigenvalue weighted by molar-refractivity contribution is 7.07. The Kier molecular flexibility index (Phi) is 5.45. The van der Waals surface area contributed by atoms with Crippen LogP contribution in [0.1, 0.15) is 18.6 Å². The van der Waals surface area contributed by atoms with Crippen molar-refractivity contribution in [2.45, 2.75) is 13.0 Å². The number of carbonyl (C=O) groups is 1. The topological polar surface area (TPSA) is 58.6 Å². The number of nitrogens with one attached hydrogen (secondary N) is 1. The van der Waals surface area contributed by atoms with Gasteiger partial charge >= 0.3 is 0 Å². The number of ether oxygens (including phenoxy) is 1. The molecule has 0 radical (unpaired) electrons. The fraction of sp³-hybridized carbons (Fsp3) is 0.545. The van der Waals surface area contributed by atoms with E-state index in [1.807, 2.05) is 16.8 Å². The molecule has 1 aromatic rings. The van der Waals surface area contributed by atoms with Crippen molar-refractivity contribution in [3.8, 4) is 0 Å². The van der Waals surface area contributed by atoms with Gasteiger partial charge in [-0.3, -0.25) is 4.79 Å². The SMILES string of the molecule is COCC(C)C(=O)NCC(O)c1ccsc1. The van der Waals surface area contributed by atoms with E-state index in [-0.39, 0.29) is 18.4 Å². The standard InChI is InChI=1S/C11H17NO3S/c1-8(6-15-2)11(14)12-5-10(13)9-3-4-16-7-9/h3-4,7-8,10,13H,5-6H2,1-2H3,(H,12,14). The van der Waals surface area contributed by atoms with Crippen LogP contribution >= 0.6 is 11.3 Å². The molecule has 2 N–H and O–H groups in total. The second kappa shape index (κ2) is 6.62. The van der Waals surface area contributed by atoms with Gasteiger partial charge in [-0.25, -0.2) is 0 Å². The smallest absolute Gasteiger partial charge is 0.225 e. The highest BCUT2D eigenvalue weighted by Gasteiger charge is 2.14. The molecule has 1 rings (SSSR count). The molecule has 2 unspecified atom stereocenters. The van der Waals surface area contributed by atoms with E-state index in [1.54, 1.807) is 14.0 Å². The summed E-state index contributed by atoms with van der Waals surface area (Å²) in [5, 5.41) is 16.2. The first-order valence-corrected chi connectivity index (χ1v) is 6.06. The molecule has 0 aliphatic heterocycles. The Morgan fingerprint density at radius 2 is 2.44 bits per heavy atom. The van der Waals surface area contributed by atoms with Crippen molar-refractivity contribution in [1.82, 2.24) is 5.32 Å². The lowest BCUT2D eigenvalue weighted by Crippen LogP contribution is -2.34. The van der Waals surface area contributed by atoms with Gasteiger partial charge in [-0.1, -0.05) is 6.92 Å². The maximum absolute atomic E-state index is 11.5. The average Bonchev–Trinajstić information content (AvgIpc) is 2.79. The molecule has 0 saturated carbocycles. The zero-order valence-corrected chi connectivity index (χ0v) is 10.3. The molecule has 0 saturated heterocycles. The molecule has 0 aromatic carbocycles. The van der Waals surface area contributed by atoms with Crippen LogP contribution in [0.4, 0.5) is 0 Å². The summed E-state index contributed by atoms with van der Waals surface area (Å²) in [7, 11) is 1.56. The minimum Gasteiger partial charge on any atom is -0.387 e. The highest BCUT2D eigenvalue weighted by atomic mass is 32.1. The van der Waals surface area contributed by atoms with Crippen LogP contribution in [0.2, 0.25) is 0 Å².